The number of carbonyl (C=O) groups excluding carboxylic acids is 1. The van der Waals surface area contributed by atoms with Crippen LogP contribution in [0.4, 0.5) is 0 Å². The molecule has 0 saturated carbocycles. The third kappa shape index (κ3) is 1.96. The van der Waals surface area contributed by atoms with Gasteiger partial charge in [0.2, 0.25) is 0 Å². The van der Waals surface area contributed by atoms with Crippen LogP contribution in [0, 0.1) is 0 Å². The summed E-state index contributed by atoms with van der Waals surface area (Å²) in [6.07, 6.45) is 0. The van der Waals surface area contributed by atoms with Gasteiger partial charge in [0.15, 0.2) is 0 Å². The van der Waals surface area contributed by atoms with Crippen molar-refractivity contribution in [3.8, 4) is 11.5 Å². The van der Waals surface area contributed by atoms with Crippen LogP contribution in [0.1, 0.15) is 24.2 Å². The summed E-state index contributed by atoms with van der Waals surface area (Å²) < 4.78 is 10.9. The lowest BCUT2D eigenvalue weighted by molar-refractivity contribution is 0.0907. The minimum Gasteiger partial charge on any atom is -0.497 e. The number of amides is 1. The van der Waals surface area contributed by atoms with Gasteiger partial charge in [-0.2, -0.15) is 0 Å². The van der Waals surface area contributed by atoms with E-state index in [-0.39, 0.29) is 5.91 Å². The minimum absolute atomic E-state index is 0.108. The van der Waals surface area contributed by atoms with E-state index in [4.69, 9.17) is 9.47 Å². The van der Waals surface area contributed by atoms with Gasteiger partial charge < -0.3 is 14.8 Å². The molecular formula is C12H15NO3. The van der Waals surface area contributed by atoms with Gasteiger partial charge in [0.1, 0.15) is 17.1 Å². The average Bonchev–Trinajstić information content (AvgIpc) is 2.35. The van der Waals surface area contributed by atoms with Gasteiger partial charge in [-0.3, -0.25) is 4.79 Å². The maximum absolute atomic E-state index is 11.8. The van der Waals surface area contributed by atoms with Crippen LogP contribution >= 0.6 is 0 Å². The Labute approximate surface area is 94.6 Å². The Hall–Kier alpha value is -1.71. The van der Waals surface area contributed by atoms with Gasteiger partial charge in [-0.05, 0) is 26.0 Å². The highest BCUT2D eigenvalue weighted by molar-refractivity contribution is 5.97. The zero-order chi connectivity index (χ0) is 11.8. The van der Waals surface area contributed by atoms with Crippen molar-refractivity contribution in [2.75, 3.05) is 13.7 Å². The third-order valence-corrected chi connectivity index (χ3v) is 2.49. The molecule has 4 heteroatoms. The summed E-state index contributed by atoms with van der Waals surface area (Å²) in [6, 6.07) is 5.20. The summed E-state index contributed by atoms with van der Waals surface area (Å²) in [7, 11) is 1.59. The number of nitrogens with one attached hydrogen (secondary N) is 1. The van der Waals surface area contributed by atoms with E-state index >= 15 is 0 Å². The second-order valence-electron chi connectivity index (χ2n) is 4.41. The molecule has 1 aliphatic heterocycles. The van der Waals surface area contributed by atoms with E-state index in [1.807, 2.05) is 13.8 Å². The molecule has 0 unspecified atom stereocenters. The van der Waals surface area contributed by atoms with Crippen LogP contribution < -0.4 is 14.8 Å². The Morgan fingerprint density at radius 1 is 1.44 bits per heavy atom. The van der Waals surface area contributed by atoms with E-state index in [0.29, 0.717) is 23.6 Å². The van der Waals surface area contributed by atoms with Crippen molar-refractivity contribution in [2.24, 2.45) is 0 Å². The quantitative estimate of drug-likeness (QED) is 0.783. The molecule has 0 aliphatic carbocycles. The predicted octanol–water partition coefficient (Wildman–Crippen LogP) is 1.60. The van der Waals surface area contributed by atoms with Crippen molar-refractivity contribution in [3.05, 3.63) is 23.8 Å². The monoisotopic (exact) mass is 221 g/mol. The molecule has 2 rings (SSSR count). The number of rotatable bonds is 1. The fourth-order valence-electron chi connectivity index (χ4n) is 1.62. The van der Waals surface area contributed by atoms with E-state index in [9.17, 15) is 4.79 Å². The highest BCUT2D eigenvalue weighted by Gasteiger charge is 2.28. The first-order valence-electron chi connectivity index (χ1n) is 5.17. The largest absolute Gasteiger partial charge is 0.497 e. The lowest BCUT2D eigenvalue weighted by atomic mass is 10.1. The molecule has 0 saturated heterocycles. The topological polar surface area (TPSA) is 47.6 Å². The van der Waals surface area contributed by atoms with Gasteiger partial charge >= 0.3 is 0 Å². The smallest absolute Gasteiger partial charge is 0.255 e. The molecule has 86 valence electrons. The Balaban J connectivity index is 2.47. The zero-order valence-electron chi connectivity index (χ0n) is 9.66. The van der Waals surface area contributed by atoms with Crippen LogP contribution in [0.25, 0.3) is 0 Å². The number of fused-ring (bicyclic) bond motifs is 1. The maximum atomic E-state index is 11.8. The van der Waals surface area contributed by atoms with Gasteiger partial charge in [0.05, 0.1) is 19.2 Å². The first-order valence-corrected chi connectivity index (χ1v) is 5.17. The molecule has 1 aromatic rings. The zero-order valence-corrected chi connectivity index (χ0v) is 9.66. The molecule has 16 heavy (non-hydrogen) atoms. The predicted molar refractivity (Wildman–Crippen MR) is 60.0 cm³/mol. The molecule has 0 fully saturated rings. The SMILES string of the molecule is COc1ccc2c(c1)OC(C)(C)CNC2=O. The highest BCUT2D eigenvalue weighted by atomic mass is 16.5. The Bertz CT molecular complexity index is 426. The number of benzene rings is 1. The fourth-order valence-corrected chi connectivity index (χ4v) is 1.62. The summed E-state index contributed by atoms with van der Waals surface area (Å²) in [4.78, 5) is 11.8. The van der Waals surface area contributed by atoms with Crippen molar-refractivity contribution >= 4 is 5.91 Å². The van der Waals surface area contributed by atoms with Gasteiger partial charge in [-0.15, -0.1) is 0 Å². The first-order chi connectivity index (χ1) is 7.52. The van der Waals surface area contributed by atoms with Gasteiger partial charge in [0.25, 0.3) is 5.91 Å². The lowest BCUT2D eigenvalue weighted by Gasteiger charge is -2.24. The number of ether oxygens (including phenoxy) is 2. The van der Waals surface area contributed by atoms with Crippen molar-refractivity contribution in [1.82, 2.24) is 5.32 Å². The van der Waals surface area contributed by atoms with Crippen LogP contribution in [0.15, 0.2) is 18.2 Å². The summed E-state index contributed by atoms with van der Waals surface area (Å²) in [6.45, 7) is 4.35. The third-order valence-electron chi connectivity index (χ3n) is 2.49. The van der Waals surface area contributed by atoms with Crippen molar-refractivity contribution in [2.45, 2.75) is 19.4 Å². The minimum atomic E-state index is -0.409. The van der Waals surface area contributed by atoms with Crippen molar-refractivity contribution < 1.29 is 14.3 Å². The molecule has 1 heterocycles. The van der Waals surface area contributed by atoms with Crippen LogP contribution in [0.3, 0.4) is 0 Å². The van der Waals surface area contributed by atoms with Crippen molar-refractivity contribution in [3.63, 3.8) is 0 Å². The Morgan fingerprint density at radius 2 is 2.19 bits per heavy atom. The van der Waals surface area contributed by atoms with Crippen molar-refractivity contribution in [1.29, 1.82) is 0 Å². The summed E-state index contributed by atoms with van der Waals surface area (Å²) in [5, 5.41) is 2.82. The number of hydrogen-bond acceptors (Lipinski definition) is 3. The molecule has 1 amide bonds. The van der Waals surface area contributed by atoms with Crippen LogP contribution in [0.2, 0.25) is 0 Å². The maximum Gasteiger partial charge on any atom is 0.255 e. The molecule has 1 aromatic carbocycles. The summed E-state index contributed by atoms with van der Waals surface area (Å²) in [5.74, 6) is 1.15. The molecule has 1 aliphatic rings. The van der Waals surface area contributed by atoms with Crippen LogP contribution in [-0.2, 0) is 0 Å². The molecule has 0 aromatic heterocycles. The van der Waals surface area contributed by atoms with E-state index in [0.717, 1.165) is 0 Å². The second-order valence-corrected chi connectivity index (χ2v) is 4.41. The highest BCUT2D eigenvalue weighted by Crippen LogP contribution is 2.29. The number of methoxy groups -OCH3 is 1. The van der Waals surface area contributed by atoms with Gasteiger partial charge in [-0.25, -0.2) is 0 Å². The number of hydrogen-bond donors (Lipinski definition) is 1. The van der Waals surface area contributed by atoms with Crippen LogP contribution in [0.5, 0.6) is 11.5 Å². The van der Waals surface area contributed by atoms with Crippen LogP contribution in [-0.4, -0.2) is 25.2 Å². The van der Waals surface area contributed by atoms with Gasteiger partial charge in [0, 0.05) is 6.07 Å². The van der Waals surface area contributed by atoms with E-state index in [1.54, 1.807) is 25.3 Å². The first kappa shape index (κ1) is 10.8. The second kappa shape index (κ2) is 3.70. The molecule has 1 N–H and O–H groups in total. The molecule has 0 radical (unpaired) electrons. The lowest BCUT2D eigenvalue weighted by Crippen LogP contribution is -2.39. The summed E-state index contributed by atoms with van der Waals surface area (Å²) >= 11 is 0. The molecule has 0 atom stereocenters. The molecule has 0 spiro atoms. The molecular weight excluding hydrogens is 206 g/mol. The fraction of sp³-hybridized carbons (Fsp3) is 0.417. The molecule has 0 bridgehead atoms. The normalized spacial score (nSPS) is 17.8. The Morgan fingerprint density at radius 3 is 2.88 bits per heavy atom. The average molecular weight is 221 g/mol. The van der Waals surface area contributed by atoms with E-state index < -0.39 is 5.60 Å². The standard InChI is InChI=1S/C12H15NO3/c1-12(2)7-13-11(14)9-5-4-8(15-3)6-10(9)16-12/h4-6H,7H2,1-3H3,(H,13,14). The van der Waals surface area contributed by atoms with E-state index in [2.05, 4.69) is 5.32 Å². The summed E-state index contributed by atoms with van der Waals surface area (Å²) in [5.41, 5.74) is 0.138. The van der Waals surface area contributed by atoms with E-state index in [1.165, 1.54) is 0 Å². The number of carbonyl (C=O) groups is 1. The van der Waals surface area contributed by atoms with Gasteiger partial charge in [-0.1, -0.05) is 0 Å². The Kier molecular flexibility index (Phi) is 2.50. The molecule has 4 nitrogen and oxygen atoms in total.